The Morgan fingerprint density at radius 2 is 1.41 bits per heavy atom. The molecule has 0 saturated carbocycles. The fourth-order valence-corrected chi connectivity index (χ4v) is 3.25. The van der Waals surface area contributed by atoms with Crippen molar-refractivity contribution >= 4 is 26.7 Å². The third-order valence-electron chi connectivity index (χ3n) is 3.31. The zero-order chi connectivity index (χ0) is 15.6. The van der Waals surface area contributed by atoms with Crippen LogP contribution >= 0.6 is 0 Å². The number of nitrogens with one attached hydrogen (secondary N) is 1. The lowest BCUT2D eigenvalue weighted by Gasteiger charge is -2.09. The minimum atomic E-state index is -3.88. The van der Waals surface area contributed by atoms with Gasteiger partial charge < -0.3 is 0 Å². The van der Waals surface area contributed by atoms with Gasteiger partial charge in [0.05, 0.1) is 4.90 Å². The Bertz CT molecular complexity index is 929. The van der Waals surface area contributed by atoms with Gasteiger partial charge in [-0.3, -0.25) is 4.79 Å². The molecule has 0 fully saturated rings. The number of fused-ring (bicyclic) bond motifs is 1. The first-order valence-corrected chi connectivity index (χ1v) is 8.16. The van der Waals surface area contributed by atoms with Crippen LogP contribution in [-0.4, -0.2) is 14.3 Å². The fraction of sp³-hybridized carbons (Fsp3) is 0. The molecule has 1 N–H and O–H groups in total. The number of sulfonamides is 1. The molecule has 4 nitrogen and oxygen atoms in total. The second-order valence-electron chi connectivity index (χ2n) is 4.77. The van der Waals surface area contributed by atoms with E-state index in [4.69, 9.17) is 0 Å². The van der Waals surface area contributed by atoms with E-state index in [0.29, 0.717) is 10.9 Å². The Balaban J connectivity index is 1.98. The molecule has 0 bridgehead atoms. The predicted molar refractivity (Wildman–Crippen MR) is 85.0 cm³/mol. The van der Waals surface area contributed by atoms with Crippen molar-refractivity contribution in [2.75, 3.05) is 0 Å². The second-order valence-corrected chi connectivity index (χ2v) is 6.46. The molecule has 0 aromatic heterocycles. The quantitative estimate of drug-likeness (QED) is 0.809. The van der Waals surface area contributed by atoms with Crippen LogP contribution in [0.25, 0.3) is 10.8 Å². The van der Waals surface area contributed by atoms with Crippen molar-refractivity contribution in [3.05, 3.63) is 78.4 Å². The number of amides is 1. The van der Waals surface area contributed by atoms with Crippen molar-refractivity contribution in [1.29, 1.82) is 0 Å². The Labute approximate surface area is 128 Å². The van der Waals surface area contributed by atoms with Crippen LogP contribution in [0.1, 0.15) is 10.4 Å². The highest BCUT2D eigenvalue weighted by Gasteiger charge is 2.19. The van der Waals surface area contributed by atoms with Crippen LogP contribution < -0.4 is 4.72 Å². The standard InChI is InChI=1S/C17H13NO3S/c19-17(18-22(20,21)14-9-2-1-3-10-14)16-12-6-8-13-7-4-5-11-15(13)16/h1-12H,(H,18,19). The largest absolute Gasteiger partial charge is 0.268 e. The van der Waals surface area contributed by atoms with Crippen LogP contribution in [0.3, 0.4) is 0 Å². The molecule has 1 amide bonds. The molecule has 0 aliphatic heterocycles. The van der Waals surface area contributed by atoms with E-state index in [9.17, 15) is 13.2 Å². The van der Waals surface area contributed by atoms with Gasteiger partial charge in [0, 0.05) is 5.56 Å². The molecule has 3 aromatic rings. The summed E-state index contributed by atoms with van der Waals surface area (Å²) in [4.78, 5) is 12.4. The number of hydrogen-bond acceptors (Lipinski definition) is 3. The van der Waals surface area contributed by atoms with E-state index in [0.717, 1.165) is 5.39 Å². The zero-order valence-corrected chi connectivity index (χ0v) is 12.4. The summed E-state index contributed by atoms with van der Waals surface area (Å²) in [6.07, 6.45) is 0. The van der Waals surface area contributed by atoms with Crippen molar-refractivity contribution in [1.82, 2.24) is 4.72 Å². The first kappa shape index (κ1) is 14.3. The molecule has 110 valence electrons. The van der Waals surface area contributed by atoms with Gasteiger partial charge in [-0.1, -0.05) is 54.6 Å². The molecule has 5 heteroatoms. The Morgan fingerprint density at radius 1 is 0.773 bits per heavy atom. The van der Waals surface area contributed by atoms with Gasteiger partial charge in [0.15, 0.2) is 0 Å². The zero-order valence-electron chi connectivity index (χ0n) is 11.6. The molecular formula is C17H13NO3S. The lowest BCUT2D eigenvalue weighted by Crippen LogP contribution is -2.30. The first-order valence-electron chi connectivity index (χ1n) is 6.68. The monoisotopic (exact) mass is 311 g/mol. The molecule has 0 saturated heterocycles. The Kier molecular flexibility index (Phi) is 3.65. The van der Waals surface area contributed by atoms with E-state index in [-0.39, 0.29) is 4.90 Å². The van der Waals surface area contributed by atoms with E-state index >= 15 is 0 Å². The van der Waals surface area contributed by atoms with Crippen LogP contribution in [0.2, 0.25) is 0 Å². The van der Waals surface area contributed by atoms with Gasteiger partial charge in [0.1, 0.15) is 0 Å². The summed E-state index contributed by atoms with van der Waals surface area (Å²) in [5.41, 5.74) is 0.331. The summed E-state index contributed by atoms with van der Waals surface area (Å²) in [5, 5.41) is 1.60. The summed E-state index contributed by atoms with van der Waals surface area (Å²) in [6.45, 7) is 0. The molecule has 0 unspecified atom stereocenters. The molecule has 3 aromatic carbocycles. The van der Waals surface area contributed by atoms with E-state index in [1.165, 1.54) is 12.1 Å². The maximum absolute atomic E-state index is 12.4. The van der Waals surface area contributed by atoms with Crippen molar-refractivity contribution < 1.29 is 13.2 Å². The average molecular weight is 311 g/mol. The minimum Gasteiger partial charge on any atom is -0.268 e. The van der Waals surface area contributed by atoms with Gasteiger partial charge in [0.2, 0.25) is 0 Å². The molecular weight excluding hydrogens is 298 g/mol. The van der Waals surface area contributed by atoms with E-state index in [2.05, 4.69) is 4.72 Å². The normalized spacial score (nSPS) is 11.3. The predicted octanol–water partition coefficient (Wildman–Crippen LogP) is 2.96. The average Bonchev–Trinajstić information content (AvgIpc) is 2.54. The molecule has 0 heterocycles. The summed E-state index contributed by atoms with van der Waals surface area (Å²) in [6, 6.07) is 20.4. The van der Waals surface area contributed by atoms with E-state index < -0.39 is 15.9 Å². The maximum Gasteiger partial charge on any atom is 0.265 e. The van der Waals surface area contributed by atoms with Crippen LogP contribution in [0.4, 0.5) is 0 Å². The van der Waals surface area contributed by atoms with Crippen LogP contribution in [0, 0.1) is 0 Å². The molecule has 0 spiro atoms. The molecule has 0 aliphatic carbocycles. The lowest BCUT2D eigenvalue weighted by molar-refractivity contribution is 0.0983. The van der Waals surface area contributed by atoms with Gasteiger partial charge in [-0.25, -0.2) is 13.1 Å². The van der Waals surface area contributed by atoms with Crippen molar-refractivity contribution in [2.45, 2.75) is 4.90 Å². The molecule has 0 atom stereocenters. The Hall–Kier alpha value is -2.66. The molecule has 0 aliphatic rings. The maximum atomic E-state index is 12.4. The van der Waals surface area contributed by atoms with Gasteiger partial charge >= 0.3 is 0 Å². The second kappa shape index (κ2) is 5.61. The number of benzene rings is 3. The molecule has 22 heavy (non-hydrogen) atoms. The highest BCUT2D eigenvalue weighted by Crippen LogP contribution is 2.19. The lowest BCUT2D eigenvalue weighted by atomic mass is 10.0. The minimum absolute atomic E-state index is 0.0589. The third-order valence-corrected chi connectivity index (χ3v) is 4.66. The van der Waals surface area contributed by atoms with E-state index in [1.807, 2.05) is 24.3 Å². The number of carbonyl (C=O) groups excluding carboxylic acids is 1. The SMILES string of the molecule is O=C(NS(=O)(=O)c1ccccc1)c1cccc2ccccc12. The number of rotatable bonds is 3. The van der Waals surface area contributed by atoms with Crippen molar-refractivity contribution in [2.24, 2.45) is 0 Å². The van der Waals surface area contributed by atoms with Gasteiger partial charge in [-0.05, 0) is 29.0 Å². The first-order chi connectivity index (χ1) is 10.6. The number of hydrogen-bond donors (Lipinski definition) is 1. The van der Waals surface area contributed by atoms with Crippen molar-refractivity contribution in [3.63, 3.8) is 0 Å². The van der Waals surface area contributed by atoms with Gasteiger partial charge in [0.25, 0.3) is 15.9 Å². The van der Waals surface area contributed by atoms with Crippen LogP contribution in [0.15, 0.2) is 77.7 Å². The van der Waals surface area contributed by atoms with Crippen LogP contribution in [-0.2, 0) is 10.0 Å². The van der Waals surface area contributed by atoms with Gasteiger partial charge in [-0.15, -0.1) is 0 Å². The molecule has 0 radical (unpaired) electrons. The van der Waals surface area contributed by atoms with Crippen LogP contribution in [0.5, 0.6) is 0 Å². The smallest absolute Gasteiger partial charge is 0.265 e. The summed E-state index contributed by atoms with van der Waals surface area (Å²) in [5.74, 6) is -0.638. The summed E-state index contributed by atoms with van der Waals surface area (Å²) in [7, 11) is -3.88. The number of carbonyl (C=O) groups is 1. The highest BCUT2D eigenvalue weighted by molar-refractivity contribution is 7.90. The third kappa shape index (κ3) is 2.71. The Morgan fingerprint density at radius 3 is 2.18 bits per heavy atom. The topological polar surface area (TPSA) is 63.2 Å². The van der Waals surface area contributed by atoms with Gasteiger partial charge in [-0.2, -0.15) is 0 Å². The fourth-order valence-electron chi connectivity index (χ4n) is 2.26. The molecule has 3 rings (SSSR count). The van der Waals surface area contributed by atoms with E-state index in [1.54, 1.807) is 36.4 Å². The summed E-state index contributed by atoms with van der Waals surface area (Å²) < 4.78 is 26.6. The summed E-state index contributed by atoms with van der Waals surface area (Å²) >= 11 is 0. The highest BCUT2D eigenvalue weighted by atomic mass is 32.2. The van der Waals surface area contributed by atoms with Crippen molar-refractivity contribution in [3.8, 4) is 0 Å².